The minimum Gasteiger partial charge on any atom is -0.313 e. The van der Waals surface area contributed by atoms with Gasteiger partial charge in [-0.3, -0.25) is 0 Å². The molecule has 0 amide bonds. The summed E-state index contributed by atoms with van der Waals surface area (Å²) in [4.78, 5) is 2.65. The van der Waals surface area contributed by atoms with E-state index in [0.29, 0.717) is 0 Å². The maximum atomic E-state index is 3.71. The standard InChI is InChI=1S/C13H26N2/c1-9(2)5-14-13-11-7-15(6-10(3)4)8-12(11)13/h9-14H,5-8H2,1-4H3/t11-,12+,13?. The molecule has 1 aliphatic heterocycles. The molecule has 2 rings (SSSR count). The molecule has 0 spiro atoms. The van der Waals surface area contributed by atoms with Gasteiger partial charge in [-0.15, -0.1) is 0 Å². The summed E-state index contributed by atoms with van der Waals surface area (Å²) < 4.78 is 0. The maximum absolute atomic E-state index is 3.71. The Morgan fingerprint density at radius 2 is 1.67 bits per heavy atom. The molecular formula is C13H26N2. The van der Waals surface area contributed by atoms with Gasteiger partial charge in [0.05, 0.1) is 0 Å². The van der Waals surface area contributed by atoms with Crippen LogP contribution in [0.2, 0.25) is 0 Å². The van der Waals surface area contributed by atoms with Crippen LogP contribution in [-0.4, -0.2) is 37.1 Å². The third kappa shape index (κ3) is 2.73. The monoisotopic (exact) mass is 210 g/mol. The minimum atomic E-state index is 0.790. The van der Waals surface area contributed by atoms with Gasteiger partial charge in [0, 0.05) is 25.7 Å². The number of rotatable bonds is 5. The van der Waals surface area contributed by atoms with Crippen LogP contribution in [0.1, 0.15) is 27.7 Å². The number of nitrogens with zero attached hydrogens (tertiary/aromatic N) is 1. The van der Waals surface area contributed by atoms with Crippen molar-refractivity contribution >= 4 is 0 Å². The van der Waals surface area contributed by atoms with Gasteiger partial charge < -0.3 is 10.2 Å². The normalized spacial score (nSPS) is 35.2. The first kappa shape index (κ1) is 11.4. The van der Waals surface area contributed by atoms with Crippen molar-refractivity contribution in [1.29, 1.82) is 0 Å². The zero-order valence-electron chi connectivity index (χ0n) is 10.7. The van der Waals surface area contributed by atoms with Crippen molar-refractivity contribution in [2.75, 3.05) is 26.2 Å². The average Bonchev–Trinajstić information content (AvgIpc) is 2.55. The van der Waals surface area contributed by atoms with Crippen molar-refractivity contribution in [3.8, 4) is 0 Å². The highest BCUT2D eigenvalue weighted by Gasteiger charge is 2.55. The highest BCUT2D eigenvalue weighted by Crippen LogP contribution is 2.45. The van der Waals surface area contributed by atoms with Crippen LogP contribution < -0.4 is 5.32 Å². The first-order valence-corrected chi connectivity index (χ1v) is 6.53. The number of likely N-dealkylation sites (tertiary alicyclic amines) is 1. The van der Waals surface area contributed by atoms with Gasteiger partial charge in [-0.1, -0.05) is 27.7 Å². The molecule has 0 aromatic heterocycles. The molecule has 0 bridgehead atoms. The van der Waals surface area contributed by atoms with Crippen LogP contribution in [0.25, 0.3) is 0 Å². The lowest BCUT2D eigenvalue weighted by atomic mass is 10.2. The second-order valence-electron chi connectivity index (χ2n) is 6.27. The summed E-state index contributed by atoms with van der Waals surface area (Å²) in [6.45, 7) is 14.4. The fourth-order valence-electron chi connectivity index (χ4n) is 2.95. The smallest absolute Gasteiger partial charge is 0.0156 e. The summed E-state index contributed by atoms with van der Waals surface area (Å²) in [7, 11) is 0. The van der Waals surface area contributed by atoms with E-state index < -0.39 is 0 Å². The zero-order chi connectivity index (χ0) is 11.0. The van der Waals surface area contributed by atoms with Crippen LogP contribution in [0.4, 0.5) is 0 Å². The summed E-state index contributed by atoms with van der Waals surface area (Å²) in [6, 6.07) is 0.857. The summed E-state index contributed by atoms with van der Waals surface area (Å²) in [5, 5.41) is 3.71. The molecule has 2 aliphatic rings. The van der Waals surface area contributed by atoms with Crippen molar-refractivity contribution < 1.29 is 0 Å². The largest absolute Gasteiger partial charge is 0.313 e. The summed E-state index contributed by atoms with van der Waals surface area (Å²) >= 11 is 0. The number of fused-ring (bicyclic) bond motifs is 1. The van der Waals surface area contributed by atoms with E-state index in [1.165, 1.54) is 26.2 Å². The van der Waals surface area contributed by atoms with E-state index in [9.17, 15) is 0 Å². The van der Waals surface area contributed by atoms with Crippen molar-refractivity contribution in [3.05, 3.63) is 0 Å². The maximum Gasteiger partial charge on any atom is 0.0156 e. The highest BCUT2D eigenvalue weighted by molar-refractivity contribution is 5.10. The number of nitrogens with one attached hydrogen (secondary N) is 1. The van der Waals surface area contributed by atoms with Gasteiger partial charge in [-0.05, 0) is 30.2 Å². The topological polar surface area (TPSA) is 15.3 Å². The van der Waals surface area contributed by atoms with Crippen molar-refractivity contribution in [2.45, 2.75) is 33.7 Å². The predicted octanol–water partition coefficient (Wildman–Crippen LogP) is 1.82. The van der Waals surface area contributed by atoms with E-state index in [1.54, 1.807) is 0 Å². The van der Waals surface area contributed by atoms with Crippen LogP contribution in [0, 0.1) is 23.7 Å². The summed E-state index contributed by atoms with van der Waals surface area (Å²) in [5.74, 6) is 3.56. The first-order chi connectivity index (χ1) is 7.08. The van der Waals surface area contributed by atoms with Gasteiger partial charge in [0.2, 0.25) is 0 Å². The number of hydrogen-bond donors (Lipinski definition) is 1. The Hall–Kier alpha value is -0.0800. The van der Waals surface area contributed by atoms with Crippen molar-refractivity contribution in [1.82, 2.24) is 10.2 Å². The zero-order valence-corrected chi connectivity index (χ0v) is 10.7. The van der Waals surface area contributed by atoms with Crippen molar-refractivity contribution in [3.63, 3.8) is 0 Å². The molecule has 1 saturated carbocycles. The van der Waals surface area contributed by atoms with E-state index in [2.05, 4.69) is 37.9 Å². The van der Waals surface area contributed by atoms with Crippen LogP contribution in [0.5, 0.6) is 0 Å². The second-order valence-corrected chi connectivity index (χ2v) is 6.27. The van der Waals surface area contributed by atoms with Crippen LogP contribution in [0.3, 0.4) is 0 Å². The molecule has 88 valence electrons. The molecule has 1 aliphatic carbocycles. The molecule has 3 atom stereocenters. The molecule has 1 saturated heterocycles. The highest BCUT2D eigenvalue weighted by atomic mass is 15.2. The van der Waals surface area contributed by atoms with Gasteiger partial charge >= 0.3 is 0 Å². The third-order valence-corrected chi connectivity index (χ3v) is 3.65. The molecule has 2 nitrogen and oxygen atoms in total. The van der Waals surface area contributed by atoms with E-state index in [4.69, 9.17) is 0 Å². The lowest BCUT2D eigenvalue weighted by Gasteiger charge is -2.21. The molecule has 0 radical (unpaired) electrons. The van der Waals surface area contributed by atoms with E-state index >= 15 is 0 Å². The molecule has 0 aromatic rings. The molecule has 0 aromatic carbocycles. The Kier molecular flexibility index (Phi) is 3.36. The van der Waals surface area contributed by atoms with Gasteiger partial charge in [0.1, 0.15) is 0 Å². The number of hydrogen-bond acceptors (Lipinski definition) is 2. The lowest BCUT2D eigenvalue weighted by molar-refractivity contribution is 0.258. The van der Waals surface area contributed by atoms with Crippen LogP contribution in [-0.2, 0) is 0 Å². The second kappa shape index (κ2) is 4.42. The summed E-state index contributed by atoms with van der Waals surface area (Å²) in [6.07, 6.45) is 0. The molecule has 2 heteroatoms. The lowest BCUT2D eigenvalue weighted by Crippen LogP contribution is -2.34. The molecule has 1 unspecified atom stereocenters. The SMILES string of the molecule is CC(C)CNC1[C@H]2CN(CC(C)C)C[C@@H]12. The van der Waals surface area contributed by atoms with E-state index in [-0.39, 0.29) is 0 Å². The Balaban J connectivity index is 1.65. The van der Waals surface area contributed by atoms with Gasteiger partial charge in [0.15, 0.2) is 0 Å². The van der Waals surface area contributed by atoms with Gasteiger partial charge in [-0.2, -0.15) is 0 Å². The molecule has 2 fully saturated rings. The Morgan fingerprint density at radius 1 is 1.07 bits per heavy atom. The molecule has 1 N–H and O–H groups in total. The van der Waals surface area contributed by atoms with E-state index in [1.807, 2.05) is 0 Å². The van der Waals surface area contributed by atoms with E-state index in [0.717, 1.165) is 29.7 Å². The first-order valence-electron chi connectivity index (χ1n) is 6.53. The third-order valence-electron chi connectivity index (χ3n) is 3.65. The van der Waals surface area contributed by atoms with Crippen molar-refractivity contribution in [2.24, 2.45) is 23.7 Å². The number of piperidine rings is 1. The minimum absolute atomic E-state index is 0.790. The molecule has 1 heterocycles. The van der Waals surface area contributed by atoms with Crippen LogP contribution in [0.15, 0.2) is 0 Å². The Labute approximate surface area is 94.4 Å². The Bertz CT molecular complexity index is 201. The summed E-state index contributed by atoms with van der Waals surface area (Å²) in [5.41, 5.74) is 0. The fourth-order valence-corrected chi connectivity index (χ4v) is 2.95. The Morgan fingerprint density at radius 3 is 2.13 bits per heavy atom. The van der Waals surface area contributed by atoms with Gasteiger partial charge in [-0.25, -0.2) is 0 Å². The predicted molar refractivity (Wildman–Crippen MR) is 64.9 cm³/mol. The quantitative estimate of drug-likeness (QED) is 0.744. The molecule has 15 heavy (non-hydrogen) atoms. The van der Waals surface area contributed by atoms with Gasteiger partial charge in [0.25, 0.3) is 0 Å². The molecular weight excluding hydrogens is 184 g/mol. The van der Waals surface area contributed by atoms with Crippen LogP contribution >= 0.6 is 0 Å². The fraction of sp³-hybridized carbons (Fsp3) is 1.00. The average molecular weight is 210 g/mol.